The van der Waals surface area contributed by atoms with E-state index in [4.69, 9.17) is 0 Å². The monoisotopic (exact) mass is 329 g/mol. The number of aryl methyl sites for hydroxylation is 2. The van der Waals surface area contributed by atoms with Gasteiger partial charge in [-0.15, -0.1) is 23.7 Å². The van der Waals surface area contributed by atoms with Gasteiger partial charge in [0.15, 0.2) is 0 Å². The van der Waals surface area contributed by atoms with E-state index < -0.39 is 0 Å². The molecule has 1 aromatic heterocycles. The van der Waals surface area contributed by atoms with Crippen molar-refractivity contribution in [1.29, 1.82) is 0 Å². The van der Waals surface area contributed by atoms with Crippen molar-refractivity contribution in [3.63, 3.8) is 0 Å². The maximum Gasteiger partial charge on any atom is 0.265 e. The van der Waals surface area contributed by atoms with Crippen molar-refractivity contribution < 1.29 is 4.79 Å². The van der Waals surface area contributed by atoms with E-state index in [1.54, 1.807) is 11.3 Å². The summed E-state index contributed by atoms with van der Waals surface area (Å²) in [6.45, 7) is 8.12. The van der Waals surface area contributed by atoms with Crippen LogP contribution in [0.2, 0.25) is 0 Å². The van der Waals surface area contributed by atoms with Gasteiger partial charge in [-0.05, 0) is 51.1 Å². The molecule has 2 fully saturated rings. The SMILES string of the molecule is CCc1nc(C)c(C(=O)N2CC[C@@H]3CNC[C@@H]3CC2)s1.Cl. The van der Waals surface area contributed by atoms with Crippen LogP contribution < -0.4 is 5.32 Å². The molecule has 3 heterocycles. The van der Waals surface area contributed by atoms with Gasteiger partial charge < -0.3 is 10.2 Å². The fourth-order valence-corrected chi connectivity index (χ4v) is 4.34. The van der Waals surface area contributed by atoms with Crippen LogP contribution in [0.15, 0.2) is 0 Å². The molecule has 21 heavy (non-hydrogen) atoms. The molecule has 0 spiro atoms. The number of halogens is 1. The Morgan fingerprint density at radius 2 is 1.95 bits per heavy atom. The lowest BCUT2D eigenvalue weighted by atomic mass is 9.92. The molecule has 2 atom stereocenters. The number of amides is 1. The molecule has 0 aliphatic carbocycles. The molecule has 0 bridgehead atoms. The minimum atomic E-state index is 0. The van der Waals surface area contributed by atoms with Crippen LogP contribution in [-0.2, 0) is 6.42 Å². The smallest absolute Gasteiger partial charge is 0.265 e. The zero-order valence-electron chi connectivity index (χ0n) is 12.7. The average Bonchev–Trinajstić information content (AvgIpc) is 3.00. The second-order valence-corrected chi connectivity index (χ2v) is 7.01. The fourth-order valence-electron chi connectivity index (χ4n) is 3.37. The molecule has 4 nitrogen and oxygen atoms in total. The Morgan fingerprint density at radius 3 is 2.48 bits per heavy atom. The van der Waals surface area contributed by atoms with E-state index in [2.05, 4.69) is 22.1 Å². The lowest BCUT2D eigenvalue weighted by Crippen LogP contribution is -2.32. The van der Waals surface area contributed by atoms with Gasteiger partial charge in [-0.25, -0.2) is 4.98 Å². The molecule has 3 rings (SSSR count). The largest absolute Gasteiger partial charge is 0.338 e. The van der Waals surface area contributed by atoms with E-state index in [1.165, 1.54) is 0 Å². The highest BCUT2D eigenvalue weighted by Gasteiger charge is 2.32. The van der Waals surface area contributed by atoms with Crippen LogP contribution in [-0.4, -0.2) is 42.0 Å². The first-order valence-corrected chi connectivity index (χ1v) is 8.47. The summed E-state index contributed by atoms with van der Waals surface area (Å²) in [6.07, 6.45) is 3.19. The van der Waals surface area contributed by atoms with Gasteiger partial charge in [0.1, 0.15) is 4.88 Å². The number of rotatable bonds is 2. The highest BCUT2D eigenvalue weighted by molar-refractivity contribution is 7.13. The summed E-state index contributed by atoms with van der Waals surface area (Å²) >= 11 is 1.57. The van der Waals surface area contributed by atoms with E-state index in [9.17, 15) is 4.79 Å². The minimum Gasteiger partial charge on any atom is -0.338 e. The minimum absolute atomic E-state index is 0. The summed E-state index contributed by atoms with van der Waals surface area (Å²) in [4.78, 5) is 20.1. The number of hydrogen-bond acceptors (Lipinski definition) is 4. The Labute approximate surface area is 136 Å². The lowest BCUT2D eigenvalue weighted by molar-refractivity contribution is 0.0762. The van der Waals surface area contributed by atoms with E-state index in [0.717, 1.165) is 72.9 Å². The Morgan fingerprint density at radius 1 is 1.33 bits per heavy atom. The van der Waals surface area contributed by atoms with Crippen LogP contribution in [0.4, 0.5) is 0 Å². The predicted octanol–water partition coefficient (Wildman–Crippen LogP) is 2.51. The standard InChI is InChI=1S/C15H23N3OS.ClH/c1-3-13-17-10(2)14(20-13)15(19)18-6-4-11-8-16-9-12(11)5-7-18;/h11-12,16H,3-9H2,1-2H3;1H/t11-,12+;. The quantitative estimate of drug-likeness (QED) is 0.906. The normalized spacial score (nSPS) is 25.1. The third-order valence-corrected chi connectivity index (χ3v) is 5.93. The number of carbonyl (C=O) groups excluding carboxylic acids is 1. The maximum atomic E-state index is 12.7. The van der Waals surface area contributed by atoms with Gasteiger partial charge in [-0.2, -0.15) is 0 Å². The summed E-state index contributed by atoms with van der Waals surface area (Å²) in [5.41, 5.74) is 0.906. The van der Waals surface area contributed by atoms with Gasteiger partial charge in [0.05, 0.1) is 10.7 Å². The summed E-state index contributed by atoms with van der Waals surface area (Å²) < 4.78 is 0. The van der Waals surface area contributed by atoms with Gasteiger partial charge >= 0.3 is 0 Å². The van der Waals surface area contributed by atoms with Crippen molar-refractivity contribution in [3.8, 4) is 0 Å². The summed E-state index contributed by atoms with van der Waals surface area (Å²) in [6, 6.07) is 0. The fraction of sp³-hybridized carbons (Fsp3) is 0.733. The molecule has 2 aliphatic heterocycles. The van der Waals surface area contributed by atoms with Crippen LogP contribution in [0.5, 0.6) is 0 Å². The Kier molecular flexibility index (Phi) is 5.63. The molecule has 6 heteroatoms. The number of likely N-dealkylation sites (tertiary alicyclic amines) is 1. The highest BCUT2D eigenvalue weighted by Crippen LogP contribution is 2.29. The topological polar surface area (TPSA) is 45.2 Å². The molecule has 2 saturated heterocycles. The molecular weight excluding hydrogens is 306 g/mol. The molecule has 1 amide bonds. The number of aromatic nitrogens is 1. The van der Waals surface area contributed by atoms with Crippen molar-refractivity contribution in [2.75, 3.05) is 26.2 Å². The molecule has 0 saturated carbocycles. The van der Waals surface area contributed by atoms with E-state index in [-0.39, 0.29) is 18.3 Å². The summed E-state index contributed by atoms with van der Waals surface area (Å²) in [5.74, 6) is 1.73. The van der Waals surface area contributed by atoms with E-state index in [0.29, 0.717) is 0 Å². The number of carbonyl (C=O) groups is 1. The molecule has 0 radical (unpaired) electrons. The highest BCUT2D eigenvalue weighted by atomic mass is 35.5. The van der Waals surface area contributed by atoms with Crippen molar-refractivity contribution in [1.82, 2.24) is 15.2 Å². The third-order valence-electron chi connectivity index (χ3n) is 4.64. The summed E-state index contributed by atoms with van der Waals surface area (Å²) in [5, 5.41) is 4.55. The molecule has 118 valence electrons. The maximum absolute atomic E-state index is 12.7. The van der Waals surface area contributed by atoms with Gasteiger partial charge in [-0.3, -0.25) is 4.79 Å². The summed E-state index contributed by atoms with van der Waals surface area (Å²) in [7, 11) is 0. The molecule has 1 N–H and O–H groups in total. The van der Waals surface area contributed by atoms with Crippen molar-refractivity contribution in [3.05, 3.63) is 15.6 Å². The first-order valence-electron chi connectivity index (χ1n) is 7.65. The number of hydrogen-bond donors (Lipinski definition) is 1. The van der Waals surface area contributed by atoms with Crippen molar-refractivity contribution >= 4 is 29.7 Å². The Hall–Kier alpha value is -0.650. The van der Waals surface area contributed by atoms with Crippen LogP contribution in [0.25, 0.3) is 0 Å². The molecule has 0 unspecified atom stereocenters. The second-order valence-electron chi connectivity index (χ2n) is 5.92. The molecule has 2 aliphatic rings. The predicted molar refractivity (Wildman–Crippen MR) is 88.5 cm³/mol. The molecular formula is C15H24ClN3OS. The zero-order chi connectivity index (χ0) is 14.1. The number of thiazole rings is 1. The zero-order valence-corrected chi connectivity index (χ0v) is 14.4. The Balaban J connectivity index is 0.00000161. The van der Waals surface area contributed by atoms with Crippen molar-refractivity contribution in [2.24, 2.45) is 11.8 Å². The molecule has 0 aromatic carbocycles. The van der Waals surface area contributed by atoms with Crippen LogP contribution >= 0.6 is 23.7 Å². The third kappa shape index (κ3) is 3.41. The van der Waals surface area contributed by atoms with E-state index in [1.807, 2.05) is 6.92 Å². The van der Waals surface area contributed by atoms with E-state index >= 15 is 0 Å². The van der Waals surface area contributed by atoms with Crippen LogP contribution in [0.3, 0.4) is 0 Å². The van der Waals surface area contributed by atoms with Gasteiger partial charge in [0.25, 0.3) is 5.91 Å². The number of fused-ring (bicyclic) bond motifs is 1. The van der Waals surface area contributed by atoms with Crippen LogP contribution in [0, 0.1) is 18.8 Å². The first kappa shape index (κ1) is 16.7. The number of nitrogens with zero attached hydrogens (tertiary/aromatic N) is 2. The first-order chi connectivity index (χ1) is 9.69. The number of nitrogens with one attached hydrogen (secondary N) is 1. The molecule has 1 aromatic rings. The van der Waals surface area contributed by atoms with Crippen molar-refractivity contribution in [2.45, 2.75) is 33.1 Å². The van der Waals surface area contributed by atoms with Gasteiger partial charge in [-0.1, -0.05) is 6.92 Å². The lowest BCUT2D eigenvalue weighted by Gasteiger charge is -2.20. The second kappa shape index (κ2) is 7.07. The van der Waals surface area contributed by atoms with Gasteiger partial charge in [0.2, 0.25) is 0 Å². The van der Waals surface area contributed by atoms with Gasteiger partial charge in [0, 0.05) is 13.1 Å². The Bertz CT molecular complexity index is 491. The van der Waals surface area contributed by atoms with Crippen LogP contribution in [0.1, 0.15) is 40.1 Å². The average molecular weight is 330 g/mol.